The third kappa shape index (κ3) is 10.2. The Balaban J connectivity index is 1.29. The van der Waals surface area contributed by atoms with E-state index < -0.39 is 0 Å². The van der Waals surface area contributed by atoms with E-state index in [9.17, 15) is 0 Å². The van der Waals surface area contributed by atoms with Crippen molar-refractivity contribution in [2.75, 3.05) is 0 Å². The van der Waals surface area contributed by atoms with Crippen molar-refractivity contribution in [1.29, 1.82) is 0 Å². The minimum atomic E-state index is 0.836. The molecule has 0 unspecified atom stereocenters. The lowest BCUT2D eigenvalue weighted by atomic mass is 10.0. The molecule has 0 fully saturated rings. The third-order valence-electron chi connectivity index (χ3n) is 6.76. The molecule has 2 nitrogen and oxygen atoms in total. The van der Waals surface area contributed by atoms with Gasteiger partial charge in [-0.3, -0.25) is 0 Å². The van der Waals surface area contributed by atoms with Gasteiger partial charge in [0.05, 0.1) is 0 Å². The largest absolute Gasteiger partial charge is 0.236 e. The number of aryl methyl sites for hydroxylation is 3. The molecule has 3 aromatic rings. The zero-order valence-electron chi connectivity index (χ0n) is 21.4. The molecule has 0 amide bonds. The molecular formula is C32H44N2. The van der Waals surface area contributed by atoms with Crippen molar-refractivity contribution in [3.05, 3.63) is 83.7 Å². The molecule has 0 aliphatic rings. The number of aromatic nitrogens is 2. The number of nitrogens with zero attached hydrogens (tertiary/aromatic N) is 2. The Morgan fingerprint density at radius 3 is 1.53 bits per heavy atom. The summed E-state index contributed by atoms with van der Waals surface area (Å²) in [6.45, 7) is 2.28. The predicted octanol–water partition coefficient (Wildman–Crippen LogP) is 9.17. The minimum Gasteiger partial charge on any atom is -0.236 e. The lowest BCUT2D eigenvalue weighted by Crippen LogP contribution is -1.94. The monoisotopic (exact) mass is 456 g/mol. The highest BCUT2D eigenvalue weighted by atomic mass is 14.9. The van der Waals surface area contributed by atoms with E-state index >= 15 is 0 Å². The Bertz CT molecular complexity index is 885. The van der Waals surface area contributed by atoms with Gasteiger partial charge in [-0.05, 0) is 55.2 Å². The second-order valence-corrected chi connectivity index (χ2v) is 9.74. The Morgan fingerprint density at radius 2 is 0.941 bits per heavy atom. The van der Waals surface area contributed by atoms with Crippen LogP contribution in [-0.4, -0.2) is 9.97 Å². The summed E-state index contributed by atoms with van der Waals surface area (Å²) in [6, 6.07) is 19.6. The quantitative estimate of drug-likeness (QED) is 0.189. The van der Waals surface area contributed by atoms with Crippen LogP contribution in [0.15, 0.2) is 67.0 Å². The molecule has 0 aliphatic carbocycles. The Hall–Kier alpha value is -2.48. The fourth-order valence-electron chi connectivity index (χ4n) is 4.57. The molecule has 2 aromatic carbocycles. The molecule has 34 heavy (non-hydrogen) atoms. The fraction of sp³-hybridized carbons (Fsp3) is 0.500. The SMILES string of the molecule is CCCCCCCCCCCCc1cnc(-c2ccc(CCCCc3ccccc3)cc2)nc1. The highest BCUT2D eigenvalue weighted by Gasteiger charge is 2.03. The van der Waals surface area contributed by atoms with Crippen molar-refractivity contribution in [3.63, 3.8) is 0 Å². The summed E-state index contributed by atoms with van der Waals surface area (Å²) in [5.74, 6) is 0.836. The fourth-order valence-corrected chi connectivity index (χ4v) is 4.57. The van der Waals surface area contributed by atoms with Crippen molar-refractivity contribution < 1.29 is 0 Å². The van der Waals surface area contributed by atoms with E-state index in [-0.39, 0.29) is 0 Å². The maximum absolute atomic E-state index is 4.64. The van der Waals surface area contributed by atoms with Gasteiger partial charge in [0.15, 0.2) is 5.82 Å². The van der Waals surface area contributed by atoms with Gasteiger partial charge >= 0.3 is 0 Å². The molecule has 0 N–H and O–H groups in total. The first kappa shape index (κ1) is 26.1. The third-order valence-corrected chi connectivity index (χ3v) is 6.76. The first-order valence-electron chi connectivity index (χ1n) is 13.8. The molecule has 1 heterocycles. The maximum Gasteiger partial charge on any atom is 0.159 e. The van der Waals surface area contributed by atoms with E-state index in [2.05, 4.69) is 71.5 Å². The van der Waals surface area contributed by atoms with Crippen LogP contribution in [0.1, 0.15) is 101 Å². The van der Waals surface area contributed by atoms with Crippen LogP contribution in [0.3, 0.4) is 0 Å². The van der Waals surface area contributed by atoms with Gasteiger partial charge in [-0.15, -0.1) is 0 Å². The van der Waals surface area contributed by atoms with Crippen LogP contribution in [0.4, 0.5) is 0 Å². The van der Waals surface area contributed by atoms with Gasteiger partial charge in [0.1, 0.15) is 0 Å². The average Bonchev–Trinajstić information content (AvgIpc) is 2.89. The summed E-state index contributed by atoms with van der Waals surface area (Å²) >= 11 is 0. The molecular weight excluding hydrogens is 412 g/mol. The lowest BCUT2D eigenvalue weighted by Gasteiger charge is -2.06. The molecule has 0 radical (unpaired) electrons. The van der Waals surface area contributed by atoms with Crippen molar-refractivity contribution in [2.45, 2.75) is 103 Å². The van der Waals surface area contributed by atoms with Crippen LogP contribution in [-0.2, 0) is 19.3 Å². The van der Waals surface area contributed by atoms with Crippen LogP contribution in [0.2, 0.25) is 0 Å². The second-order valence-electron chi connectivity index (χ2n) is 9.74. The van der Waals surface area contributed by atoms with Gasteiger partial charge in [-0.1, -0.05) is 119 Å². The van der Waals surface area contributed by atoms with Crippen molar-refractivity contribution >= 4 is 0 Å². The Labute approximate surface area is 208 Å². The summed E-state index contributed by atoms with van der Waals surface area (Å²) in [5, 5.41) is 0. The normalized spacial score (nSPS) is 11.1. The number of rotatable bonds is 17. The Kier molecular flexibility index (Phi) is 12.4. The molecule has 0 aliphatic heterocycles. The van der Waals surface area contributed by atoms with E-state index in [0.29, 0.717) is 0 Å². The Morgan fingerprint density at radius 1 is 0.471 bits per heavy atom. The minimum absolute atomic E-state index is 0.836. The smallest absolute Gasteiger partial charge is 0.159 e. The standard InChI is InChI=1S/C32H44N2/c1-2-3-4-5-6-7-8-9-10-12-21-30-26-33-32(34-27-30)31-24-22-29(23-25-31)20-16-15-19-28-17-13-11-14-18-28/h11,13-14,17-18,22-27H,2-10,12,15-16,19-21H2,1H3. The highest BCUT2D eigenvalue weighted by molar-refractivity contribution is 5.55. The average molecular weight is 457 g/mol. The summed E-state index contributed by atoms with van der Waals surface area (Å²) in [6.07, 6.45) is 23.6. The van der Waals surface area contributed by atoms with E-state index in [4.69, 9.17) is 0 Å². The van der Waals surface area contributed by atoms with Crippen molar-refractivity contribution in [3.8, 4) is 11.4 Å². The molecule has 0 saturated carbocycles. The van der Waals surface area contributed by atoms with Crippen LogP contribution in [0, 0.1) is 0 Å². The summed E-state index contributed by atoms with van der Waals surface area (Å²) in [5.41, 5.74) is 5.21. The van der Waals surface area contributed by atoms with E-state index in [1.165, 1.54) is 93.7 Å². The van der Waals surface area contributed by atoms with Gasteiger partial charge in [0.25, 0.3) is 0 Å². The van der Waals surface area contributed by atoms with Crippen LogP contribution < -0.4 is 0 Å². The molecule has 1 aromatic heterocycles. The van der Waals surface area contributed by atoms with Crippen LogP contribution >= 0.6 is 0 Å². The van der Waals surface area contributed by atoms with Gasteiger partial charge in [-0.25, -0.2) is 9.97 Å². The first-order valence-corrected chi connectivity index (χ1v) is 13.8. The highest BCUT2D eigenvalue weighted by Crippen LogP contribution is 2.18. The summed E-state index contributed by atoms with van der Waals surface area (Å²) < 4.78 is 0. The molecule has 2 heteroatoms. The van der Waals surface area contributed by atoms with Crippen LogP contribution in [0.5, 0.6) is 0 Å². The van der Waals surface area contributed by atoms with E-state index in [1.807, 2.05) is 12.4 Å². The molecule has 0 bridgehead atoms. The second kappa shape index (κ2) is 16.2. The van der Waals surface area contributed by atoms with Gasteiger partial charge in [0, 0.05) is 18.0 Å². The number of unbranched alkanes of at least 4 members (excludes halogenated alkanes) is 10. The first-order chi connectivity index (χ1) is 16.8. The number of hydrogen-bond acceptors (Lipinski definition) is 2. The maximum atomic E-state index is 4.64. The van der Waals surface area contributed by atoms with Gasteiger partial charge in [0.2, 0.25) is 0 Å². The summed E-state index contributed by atoms with van der Waals surface area (Å²) in [7, 11) is 0. The zero-order valence-corrected chi connectivity index (χ0v) is 21.4. The number of hydrogen-bond donors (Lipinski definition) is 0. The zero-order chi connectivity index (χ0) is 23.7. The summed E-state index contributed by atoms with van der Waals surface area (Å²) in [4.78, 5) is 9.28. The topological polar surface area (TPSA) is 25.8 Å². The van der Waals surface area contributed by atoms with Crippen molar-refractivity contribution in [1.82, 2.24) is 9.97 Å². The van der Waals surface area contributed by atoms with E-state index in [0.717, 1.165) is 30.7 Å². The molecule has 3 rings (SSSR count). The van der Waals surface area contributed by atoms with Crippen LogP contribution in [0.25, 0.3) is 11.4 Å². The number of benzene rings is 2. The van der Waals surface area contributed by atoms with E-state index in [1.54, 1.807) is 0 Å². The molecule has 0 spiro atoms. The van der Waals surface area contributed by atoms with Gasteiger partial charge in [-0.2, -0.15) is 0 Å². The van der Waals surface area contributed by atoms with Crippen molar-refractivity contribution in [2.24, 2.45) is 0 Å². The lowest BCUT2D eigenvalue weighted by molar-refractivity contribution is 0.556. The molecule has 0 atom stereocenters. The van der Waals surface area contributed by atoms with Gasteiger partial charge < -0.3 is 0 Å². The predicted molar refractivity (Wildman–Crippen MR) is 146 cm³/mol. The molecule has 0 saturated heterocycles. The molecule has 182 valence electrons.